The lowest BCUT2D eigenvalue weighted by molar-refractivity contribution is -0.138. The van der Waals surface area contributed by atoms with Gasteiger partial charge >= 0.3 is 12.2 Å². The minimum Gasteiger partial charge on any atom is -0.496 e. The van der Waals surface area contributed by atoms with Gasteiger partial charge in [-0.2, -0.15) is 13.2 Å². The third-order valence-corrected chi connectivity index (χ3v) is 4.59. The van der Waals surface area contributed by atoms with Crippen LogP contribution in [0.15, 0.2) is 42.9 Å². The van der Waals surface area contributed by atoms with Gasteiger partial charge in [-0.1, -0.05) is 0 Å². The molecule has 4 rings (SSSR count). The number of nitrogens with one attached hydrogen (secondary N) is 2. The highest BCUT2D eigenvalue weighted by Gasteiger charge is 2.37. The van der Waals surface area contributed by atoms with Crippen LogP contribution >= 0.6 is 0 Å². The molecule has 150 valence electrons. The molecule has 0 saturated heterocycles. The van der Waals surface area contributed by atoms with Crippen molar-refractivity contribution < 1.29 is 22.7 Å². The topological polar surface area (TPSA) is 83.1 Å². The fourth-order valence-electron chi connectivity index (χ4n) is 3.23. The number of carbonyl (C=O) groups is 1. The van der Waals surface area contributed by atoms with Gasteiger partial charge in [0.25, 0.3) is 0 Å². The largest absolute Gasteiger partial charge is 0.496 e. The second-order valence-corrected chi connectivity index (χ2v) is 6.39. The number of aromatic nitrogens is 3. The Kier molecular flexibility index (Phi) is 4.61. The van der Waals surface area contributed by atoms with E-state index in [0.717, 1.165) is 11.6 Å². The van der Waals surface area contributed by atoms with E-state index in [-0.39, 0.29) is 23.8 Å². The molecule has 2 amide bonds. The Bertz CT molecular complexity index is 1050. The van der Waals surface area contributed by atoms with Crippen LogP contribution in [-0.4, -0.2) is 34.6 Å². The van der Waals surface area contributed by atoms with E-state index >= 15 is 0 Å². The van der Waals surface area contributed by atoms with E-state index in [9.17, 15) is 18.0 Å². The number of rotatable bonds is 3. The van der Waals surface area contributed by atoms with Crippen molar-refractivity contribution in [1.29, 1.82) is 0 Å². The number of carbonyl (C=O) groups excluding carboxylic acids is 1. The van der Waals surface area contributed by atoms with Gasteiger partial charge in [-0.3, -0.25) is 15.2 Å². The Balaban J connectivity index is 1.57. The Morgan fingerprint density at radius 2 is 2.17 bits per heavy atom. The number of pyridine rings is 1. The summed E-state index contributed by atoms with van der Waals surface area (Å²) in [7, 11) is 1.19. The summed E-state index contributed by atoms with van der Waals surface area (Å²) >= 11 is 0. The maximum atomic E-state index is 13.3. The molecule has 2 aromatic heterocycles. The van der Waals surface area contributed by atoms with Gasteiger partial charge in [-0.15, -0.1) is 0 Å². The Labute approximate surface area is 163 Å². The Hall–Kier alpha value is -3.56. The molecule has 0 fully saturated rings. The van der Waals surface area contributed by atoms with Crippen molar-refractivity contribution in [3.8, 4) is 17.1 Å². The number of anilines is 2. The number of nitrogens with zero attached hydrogens (tertiary/aromatic N) is 3. The third kappa shape index (κ3) is 3.60. The number of hydrogen-bond acceptors (Lipinski definition) is 4. The summed E-state index contributed by atoms with van der Waals surface area (Å²) in [6.45, 7) is 0.255. The zero-order valence-corrected chi connectivity index (χ0v) is 15.2. The molecule has 0 aliphatic carbocycles. The molecule has 3 aromatic rings. The van der Waals surface area contributed by atoms with Crippen molar-refractivity contribution >= 4 is 17.5 Å². The summed E-state index contributed by atoms with van der Waals surface area (Å²) in [5, 5.41) is 2.61. The smallest absolute Gasteiger partial charge is 0.420 e. The monoisotopic (exact) mass is 403 g/mol. The lowest BCUT2D eigenvalue weighted by Gasteiger charge is -2.20. The Morgan fingerprint density at radius 1 is 1.34 bits per heavy atom. The summed E-state index contributed by atoms with van der Waals surface area (Å²) in [5.74, 6) is 0.512. The van der Waals surface area contributed by atoms with Gasteiger partial charge in [0.1, 0.15) is 11.6 Å². The molecule has 0 spiro atoms. The van der Waals surface area contributed by atoms with Crippen LogP contribution in [0.25, 0.3) is 11.4 Å². The minimum atomic E-state index is -4.59. The molecule has 0 saturated carbocycles. The molecule has 0 bridgehead atoms. The quantitative estimate of drug-likeness (QED) is 0.690. The summed E-state index contributed by atoms with van der Waals surface area (Å²) in [6.07, 6.45) is 0.592. The van der Waals surface area contributed by atoms with E-state index in [1.54, 1.807) is 24.5 Å². The number of imidazole rings is 1. The number of fused-ring (bicyclic) bond motifs is 1. The van der Waals surface area contributed by atoms with E-state index in [1.807, 2.05) is 0 Å². The van der Waals surface area contributed by atoms with Gasteiger partial charge in [0.05, 0.1) is 12.7 Å². The number of H-pyrrole nitrogens is 1. The molecule has 0 radical (unpaired) electrons. The second-order valence-electron chi connectivity index (χ2n) is 6.39. The zero-order valence-electron chi connectivity index (χ0n) is 15.2. The van der Waals surface area contributed by atoms with Crippen molar-refractivity contribution in [3.63, 3.8) is 0 Å². The zero-order chi connectivity index (χ0) is 20.6. The molecule has 1 aromatic carbocycles. The first kappa shape index (κ1) is 18.8. The van der Waals surface area contributed by atoms with E-state index < -0.39 is 17.8 Å². The van der Waals surface area contributed by atoms with Crippen molar-refractivity contribution in [2.75, 3.05) is 23.9 Å². The number of amides is 2. The minimum absolute atomic E-state index is 0.207. The highest BCUT2D eigenvalue weighted by Crippen LogP contribution is 2.42. The number of alkyl halides is 3. The lowest BCUT2D eigenvalue weighted by atomic mass is 10.1. The van der Waals surface area contributed by atoms with E-state index in [1.165, 1.54) is 24.3 Å². The summed E-state index contributed by atoms with van der Waals surface area (Å²) in [5.41, 5.74) is 0.639. The van der Waals surface area contributed by atoms with Gasteiger partial charge in [0.15, 0.2) is 5.82 Å². The van der Waals surface area contributed by atoms with Crippen molar-refractivity contribution in [1.82, 2.24) is 15.0 Å². The molecule has 3 heterocycles. The van der Waals surface area contributed by atoms with E-state index in [4.69, 9.17) is 4.74 Å². The second kappa shape index (κ2) is 7.12. The number of hydrogen-bond donors (Lipinski definition) is 2. The number of aromatic amines is 1. The summed E-state index contributed by atoms with van der Waals surface area (Å²) < 4.78 is 44.8. The van der Waals surface area contributed by atoms with Crippen LogP contribution in [-0.2, 0) is 12.6 Å². The number of methoxy groups -OCH3 is 1. The number of benzene rings is 1. The standard InChI is InChI=1S/C19H16F3N5O2/c1-29-15-7-11-4-6-27(14(11)8-13(15)19(20,21)22)18(28)26-16-10-24-17(25-16)12-3-2-5-23-9-12/h2-3,5,7-10H,4,6H2,1H3,(H,24,25)(H,26,28). The molecule has 29 heavy (non-hydrogen) atoms. The van der Waals surface area contributed by atoms with E-state index in [2.05, 4.69) is 20.3 Å². The molecule has 1 aliphatic rings. The average Bonchev–Trinajstić information content (AvgIpc) is 3.33. The Morgan fingerprint density at radius 3 is 2.86 bits per heavy atom. The van der Waals surface area contributed by atoms with Crippen molar-refractivity contribution in [3.05, 3.63) is 54.0 Å². The molecule has 7 nitrogen and oxygen atoms in total. The fourth-order valence-corrected chi connectivity index (χ4v) is 3.23. The average molecular weight is 403 g/mol. The molecule has 0 atom stereocenters. The normalized spacial score (nSPS) is 13.3. The maximum Gasteiger partial charge on any atom is 0.420 e. The molecular formula is C19H16F3N5O2. The predicted molar refractivity (Wildman–Crippen MR) is 99.9 cm³/mol. The van der Waals surface area contributed by atoms with Crippen LogP contribution in [0.5, 0.6) is 5.75 Å². The molecule has 10 heteroatoms. The molecular weight excluding hydrogens is 387 g/mol. The van der Waals surface area contributed by atoms with Crippen LogP contribution in [0.4, 0.5) is 29.5 Å². The number of ether oxygens (including phenoxy) is 1. The molecule has 1 aliphatic heterocycles. The first-order chi connectivity index (χ1) is 13.9. The highest BCUT2D eigenvalue weighted by molar-refractivity contribution is 6.03. The van der Waals surface area contributed by atoms with Gasteiger partial charge in [-0.25, -0.2) is 9.78 Å². The first-order valence-electron chi connectivity index (χ1n) is 8.69. The highest BCUT2D eigenvalue weighted by atomic mass is 19.4. The maximum absolute atomic E-state index is 13.3. The lowest BCUT2D eigenvalue weighted by Crippen LogP contribution is -2.33. The summed E-state index contributed by atoms with van der Waals surface area (Å²) in [6, 6.07) is 5.28. The van der Waals surface area contributed by atoms with E-state index in [0.29, 0.717) is 17.8 Å². The van der Waals surface area contributed by atoms with Crippen LogP contribution in [0.2, 0.25) is 0 Å². The molecule has 0 unspecified atom stereocenters. The van der Waals surface area contributed by atoms with Crippen molar-refractivity contribution in [2.45, 2.75) is 12.6 Å². The SMILES string of the molecule is COc1cc2c(cc1C(F)(F)F)N(C(=O)Nc1c[nH]c(-c3cccnc3)n1)CC2. The summed E-state index contributed by atoms with van der Waals surface area (Å²) in [4.78, 5) is 25.2. The van der Waals surface area contributed by atoms with Crippen LogP contribution < -0.4 is 15.0 Å². The fraction of sp³-hybridized carbons (Fsp3) is 0.211. The number of urea groups is 1. The van der Waals surface area contributed by atoms with Gasteiger partial charge in [0, 0.05) is 36.4 Å². The van der Waals surface area contributed by atoms with Crippen molar-refractivity contribution in [2.24, 2.45) is 0 Å². The third-order valence-electron chi connectivity index (χ3n) is 4.59. The van der Waals surface area contributed by atoms with Gasteiger partial charge in [0.2, 0.25) is 0 Å². The molecule has 2 N–H and O–H groups in total. The van der Waals surface area contributed by atoms with Crippen LogP contribution in [0.1, 0.15) is 11.1 Å². The predicted octanol–water partition coefficient (Wildman–Crippen LogP) is 4.09. The van der Waals surface area contributed by atoms with Crippen LogP contribution in [0.3, 0.4) is 0 Å². The first-order valence-corrected chi connectivity index (χ1v) is 8.69. The number of halogens is 3. The van der Waals surface area contributed by atoms with Gasteiger partial charge < -0.3 is 9.72 Å². The van der Waals surface area contributed by atoms with Crippen LogP contribution in [0, 0.1) is 0 Å². The van der Waals surface area contributed by atoms with Gasteiger partial charge in [-0.05, 0) is 36.2 Å².